The molecule has 0 saturated heterocycles. The first-order chi connectivity index (χ1) is 7.08. The molecule has 1 amide bonds. The van der Waals surface area contributed by atoms with Crippen molar-refractivity contribution in [1.29, 1.82) is 0 Å². The number of carbonyl (C=O) groups is 1. The smallest absolute Gasteiger partial charge is 0.287 e. The average Bonchev–Trinajstić information content (AvgIpc) is 2.54. The van der Waals surface area contributed by atoms with Crippen molar-refractivity contribution in [2.75, 3.05) is 6.61 Å². The lowest BCUT2D eigenvalue weighted by molar-refractivity contribution is 0.0884. The summed E-state index contributed by atoms with van der Waals surface area (Å²) >= 11 is 0. The van der Waals surface area contributed by atoms with Crippen LogP contribution in [0.5, 0.6) is 0 Å². The van der Waals surface area contributed by atoms with Gasteiger partial charge in [-0.2, -0.15) is 0 Å². The molecule has 1 aromatic heterocycles. The highest BCUT2D eigenvalue weighted by Crippen LogP contribution is 2.13. The second-order valence-electron chi connectivity index (χ2n) is 3.63. The number of carbonyl (C=O) groups excluding carboxylic acids is 1. The van der Waals surface area contributed by atoms with E-state index in [1.807, 2.05) is 19.9 Å². The van der Waals surface area contributed by atoms with Crippen LogP contribution in [0.3, 0.4) is 0 Å². The maximum absolute atomic E-state index is 11.7. The fraction of sp³-hybridized carbons (Fsp3) is 0.545. The van der Waals surface area contributed by atoms with Crippen LogP contribution in [0.4, 0.5) is 0 Å². The van der Waals surface area contributed by atoms with Gasteiger partial charge in [-0.25, -0.2) is 0 Å². The zero-order valence-electron chi connectivity index (χ0n) is 9.33. The Kier molecular flexibility index (Phi) is 3.91. The molecule has 1 heterocycles. The first-order valence-corrected chi connectivity index (χ1v) is 5.07. The van der Waals surface area contributed by atoms with E-state index in [-0.39, 0.29) is 18.6 Å². The Morgan fingerprint density at radius 1 is 1.60 bits per heavy atom. The van der Waals surface area contributed by atoms with E-state index in [9.17, 15) is 4.79 Å². The molecule has 0 aromatic carbocycles. The SMILES string of the molecule is CCC(CO)NC(=O)c1oc(C)cc1C. The fourth-order valence-corrected chi connectivity index (χ4v) is 1.39. The van der Waals surface area contributed by atoms with Crippen LogP contribution in [0.1, 0.15) is 35.2 Å². The Balaban J connectivity index is 2.72. The largest absolute Gasteiger partial charge is 0.456 e. The Bertz CT molecular complexity index is 340. The summed E-state index contributed by atoms with van der Waals surface area (Å²) in [6.45, 7) is 5.47. The minimum absolute atomic E-state index is 0.0546. The predicted octanol–water partition coefficient (Wildman–Crippen LogP) is 1.40. The molecule has 15 heavy (non-hydrogen) atoms. The number of aliphatic hydroxyl groups excluding tert-OH is 1. The lowest BCUT2D eigenvalue weighted by Crippen LogP contribution is -2.37. The number of aryl methyl sites for hydroxylation is 2. The zero-order chi connectivity index (χ0) is 11.4. The maximum Gasteiger partial charge on any atom is 0.287 e. The van der Waals surface area contributed by atoms with E-state index in [0.717, 1.165) is 11.3 Å². The first kappa shape index (κ1) is 11.8. The summed E-state index contributed by atoms with van der Waals surface area (Å²) < 4.78 is 5.27. The second kappa shape index (κ2) is 4.98. The van der Waals surface area contributed by atoms with E-state index in [1.54, 1.807) is 6.92 Å². The van der Waals surface area contributed by atoms with Crippen LogP contribution in [0, 0.1) is 13.8 Å². The Morgan fingerprint density at radius 2 is 2.27 bits per heavy atom. The van der Waals surface area contributed by atoms with E-state index in [4.69, 9.17) is 9.52 Å². The third-order valence-electron chi connectivity index (χ3n) is 2.30. The molecule has 0 fully saturated rings. The number of rotatable bonds is 4. The van der Waals surface area contributed by atoms with Gasteiger partial charge in [-0.15, -0.1) is 0 Å². The number of furan rings is 1. The lowest BCUT2D eigenvalue weighted by Gasteiger charge is -2.12. The summed E-state index contributed by atoms with van der Waals surface area (Å²) in [5, 5.41) is 11.7. The molecule has 0 aliphatic rings. The fourth-order valence-electron chi connectivity index (χ4n) is 1.39. The van der Waals surface area contributed by atoms with Crippen LogP contribution < -0.4 is 5.32 Å². The molecule has 1 unspecified atom stereocenters. The number of hydrogen-bond donors (Lipinski definition) is 2. The zero-order valence-corrected chi connectivity index (χ0v) is 9.33. The Morgan fingerprint density at radius 3 is 2.67 bits per heavy atom. The maximum atomic E-state index is 11.7. The Hall–Kier alpha value is -1.29. The molecule has 1 rings (SSSR count). The molecule has 1 aromatic rings. The molecule has 0 saturated carbocycles. The predicted molar refractivity (Wildman–Crippen MR) is 56.8 cm³/mol. The lowest BCUT2D eigenvalue weighted by atomic mass is 10.2. The van der Waals surface area contributed by atoms with Crippen molar-refractivity contribution in [3.8, 4) is 0 Å². The van der Waals surface area contributed by atoms with Crippen molar-refractivity contribution >= 4 is 5.91 Å². The minimum atomic E-state index is -0.262. The van der Waals surface area contributed by atoms with E-state index in [0.29, 0.717) is 12.2 Å². The molecular weight excluding hydrogens is 194 g/mol. The molecule has 1 atom stereocenters. The average molecular weight is 211 g/mol. The number of nitrogens with one attached hydrogen (secondary N) is 1. The highest BCUT2D eigenvalue weighted by atomic mass is 16.3. The standard InChI is InChI=1S/C11H17NO3/c1-4-9(6-13)12-11(14)10-7(2)5-8(3)15-10/h5,9,13H,4,6H2,1-3H3,(H,12,14). The molecule has 4 heteroatoms. The van der Waals surface area contributed by atoms with Crippen molar-refractivity contribution in [3.63, 3.8) is 0 Å². The number of amides is 1. The molecule has 84 valence electrons. The Labute approximate surface area is 89.3 Å². The summed E-state index contributed by atoms with van der Waals surface area (Å²) in [5.74, 6) is 0.788. The first-order valence-electron chi connectivity index (χ1n) is 5.07. The third kappa shape index (κ3) is 2.83. The molecule has 0 radical (unpaired) electrons. The van der Waals surface area contributed by atoms with Gasteiger partial charge < -0.3 is 14.8 Å². The normalized spacial score (nSPS) is 12.5. The van der Waals surface area contributed by atoms with Gasteiger partial charge in [0.05, 0.1) is 12.6 Å². The summed E-state index contributed by atoms with van der Waals surface area (Å²) in [7, 11) is 0. The van der Waals surface area contributed by atoms with E-state index in [1.165, 1.54) is 0 Å². The van der Waals surface area contributed by atoms with Crippen molar-refractivity contribution in [1.82, 2.24) is 5.32 Å². The highest BCUT2D eigenvalue weighted by Gasteiger charge is 2.17. The number of hydrogen-bond acceptors (Lipinski definition) is 3. The van der Waals surface area contributed by atoms with Crippen molar-refractivity contribution in [2.45, 2.75) is 33.2 Å². The van der Waals surface area contributed by atoms with Crippen molar-refractivity contribution in [3.05, 3.63) is 23.2 Å². The molecule has 4 nitrogen and oxygen atoms in total. The third-order valence-corrected chi connectivity index (χ3v) is 2.30. The van der Waals surface area contributed by atoms with Crippen LogP contribution in [0.15, 0.2) is 10.5 Å². The molecule has 0 bridgehead atoms. The van der Waals surface area contributed by atoms with Crippen LogP contribution in [0.2, 0.25) is 0 Å². The van der Waals surface area contributed by atoms with Gasteiger partial charge >= 0.3 is 0 Å². The van der Waals surface area contributed by atoms with Gasteiger partial charge in [0.1, 0.15) is 5.76 Å². The van der Waals surface area contributed by atoms with E-state index < -0.39 is 0 Å². The molecular formula is C11H17NO3. The quantitative estimate of drug-likeness (QED) is 0.791. The van der Waals surface area contributed by atoms with Gasteiger partial charge in [0.2, 0.25) is 0 Å². The number of aliphatic hydroxyl groups is 1. The van der Waals surface area contributed by atoms with Gasteiger partial charge in [-0.1, -0.05) is 6.92 Å². The van der Waals surface area contributed by atoms with Crippen LogP contribution >= 0.6 is 0 Å². The van der Waals surface area contributed by atoms with Crippen LogP contribution in [-0.2, 0) is 0 Å². The van der Waals surface area contributed by atoms with Gasteiger partial charge in [0.25, 0.3) is 5.91 Å². The summed E-state index contributed by atoms with van der Waals surface area (Å²) in [5.41, 5.74) is 0.817. The molecule has 0 spiro atoms. The van der Waals surface area contributed by atoms with Gasteiger partial charge in [0, 0.05) is 5.56 Å². The van der Waals surface area contributed by atoms with Gasteiger partial charge in [0.15, 0.2) is 5.76 Å². The van der Waals surface area contributed by atoms with Crippen LogP contribution in [-0.4, -0.2) is 23.7 Å². The molecule has 2 N–H and O–H groups in total. The molecule has 0 aliphatic heterocycles. The summed E-state index contributed by atoms with van der Waals surface area (Å²) in [6, 6.07) is 1.61. The van der Waals surface area contributed by atoms with Crippen LogP contribution in [0.25, 0.3) is 0 Å². The van der Waals surface area contributed by atoms with Crippen molar-refractivity contribution in [2.24, 2.45) is 0 Å². The topological polar surface area (TPSA) is 62.5 Å². The monoisotopic (exact) mass is 211 g/mol. The minimum Gasteiger partial charge on any atom is -0.456 e. The van der Waals surface area contributed by atoms with E-state index in [2.05, 4.69) is 5.32 Å². The van der Waals surface area contributed by atoms with Gasteiger partial charge in [-0.05, 0) is 26.3 Å². The highest BCUT2D eigenvalue weighted by molar-refractivity contribution is 5.93. The molecule has 0 aliphatic carbocycles. The second-order valence-corrected chi connectivity index (χ2v) is 3.63. The van der Waals surface area contributed by atoms with Crippen molar-refractivity contribution < 1.29 is 14.3 Å². The van der Waals surface area contributed by atoms with Gasteiger partial charge in [-0.3, -0.25) is 4.79 Å². The summed E-state index contributed by atoms with van der Waals surface area (Å²) in [6.07, 6.45) is 0.695. The summed E-state index contributed by atoms with van der Waals surface area (Å²) in [4.78, 5) is 11.7. The van der Waals surface area contributed by atoms with E-state index >= 15 is 0 Å².